The van der Waals surface area contributed by atoms with Gasteiger partial charge < -0.3 is 15.3 Å². The fourth-order valence-electron chi connectivity index (χ4n) is 2.17. The minimum atomic E-state index is -0.471. The van der Waals surface area contributed by atoms with E-state index in [1.807, 2.05) is 4.90 Å². The van der Waals surface area contributed by atoms with Crippen molar-refractivity contribution in [3.63, 3.8) is 0 Å². The Balaban J connectivity index is 1.98. The maximum atomic E-state index is 13.3. The molecular formula is C13H16ClFN2OS. The summed E-state index contributed by atoms with van der Waals surface area (Å²) in [4.78, 5) is 2.01. The molecule has 1 aliphatic heterocycles. The third-order valence-corrected chi connectivity index (χ3v) is 3.90. The summed E-state index contributed by atoms with van der Waals surface area (Å²) in [5.41, 5.74) is 0.582. The van der Waals surface area contributed by atoms with Crippen molar-refractivity contribution in [1.82, 2.24) is 4.90 Å². The third kappa shape index (κ3) is 3.78. The number of aliphatic hydroxyl groups is 1. The first-order valence-electron chi connectivity index (χ1n) is 6.22. The fourth-order valence-corrected chi connectivity index (χ4v) is 2.58. The standard InChI is InChI=1S/C13H16ClFN2OS/c14-11-4-3-10(6-12(11)15)16-13(19)17-5-1-2-9(7-17)8-18/h3-4,6,9,18H,1-2,5,7-8H2,(H,16,19). The molecule has 0 amide bonds. The van der Waals surface area contributed by atoms with Crippen LogP contribution in [-0.2, 0) is 0 Å². The smallest absolute Gasteiger partial charge is 0.173 e. The number of benzene rings is 1. The zero-order chi connectivity index (χ0) is 13.8. The van der Waals surface area contributed by atoms with E-state index in [1.54, 1.807) is 6.07 Å². The molecule has 1 aliphatic rings. The van der Waals surface area contributed by atoms with Crippen LogP contribution in [0.25, 0.3) is 0 Å². The highest BCUT2D eigenvalue weighted by Crippen LogP contribution is 2.20. The predicted molar refractivity (Wildman–Crippen MR) is 79.0 cm³/mol. The van der Waals surface area contributed by atoms with Crippen LogP contribution in [0, 0.1) is 11.7 Å². The highest BCUT2D eigenvalue weighted by molar-refractivity contribution is 7.80. The second-order valence-corrected chi connectivity index (χ2v) is 5.49. The van der Waals surface area contributed by atoms with Crippen LogP contribution >= 0.6 is 23.8 Å². The lowest BCUT2D eigenvalue weighted by molar-refractivity contribution is 0.162. The van der Waals surface area contributed by atoms with Gasteiger partial charge in [-0.1, -0.05) is 11.6 Å². The molecule has 1 aromatic carbocycles. The van der Waals surface area contributed by atoms with E-state index in [9.17, 15) is 9.50 Å². The largest absolute Gasteiger partial charge is 0.396 e. The van der Waals surface area contributed by atoms with Gasteiger partial charge >= 0.3 is 0 Å². The maximum absolute atomic E-state index is 13.3. The highest BCUT2D eigenvalue weighted by atomic mass is 35.5. The minimum Gasteiger partial charge on any atom is -0.396 e. The number of anilines is 1. The summed E-state index contributed by atoms with van der Waals surface area (Å²) in [6, 6.07) is 4.50. The van der Waals surface area contributed by atoms with Crippen molar-refractivity contribution in [2.24, 2.45) is 5.92 Å². The summed E-state index contributed by atoms with van der Waals surface area (Å²) < 4.78 is 13.3. The number of aliphatic hydroxyl groups excluding tert-OH is 1. The molecule has 1 unspecified atom stereocenters. The normalized spacial score (nSPS) is 19.3. The summed E-state index contributed by atoms with van der Waals surface area (Å²) in [6.45, 7) is 1.77. The third-order valence-electron chi connectivity index (χ3n) is 3.24. The topological polar surface area (TPSA) is 35.5 Å². The molecule has 19 heavy (non-hydrogen) atoms. The van der Waals surface area contributed by atoms with E-state index in [1.165, 1.54) is 12.1 Å². The molecule has 0 aliphatic carbocycles. The lowest BCUT2D eigenvalue weighted by Crippen LogP contribution is -2.43. The van der Waals surface area contributed by atoms with Gasteiger partial charge in [0.05, 0.1) is 5.02 Å². The number of hydrogen-bond donors (Lipinski definition) is 2. The predicted octanol–water partition coefficient (Wildman–Crippen LogP) is 2.88. The number of likely N-dealkylation sites (tertiary alicyclic amines) is 1. The molecule has 6 heteroatoms. The van der Waals surface area contributed by atoms with Gasteiger partial charge in [-0.2, -0.15) is 0 Å². The molecule has 1 saturated heterocycles. The average Bonchev–Trinajstić information content (AvgIpc) is 2.43. The van der Waals surface area contributed by atoms with Crippen LogP contribution in [0.2, 0.25) is 5.02 Å². The van der Waals surface area contributed by atoms with Crippen molar-refractivity contribution in [3.8, 4) is 0 Å². The van der Waals surface area contributed by atoms with Gasteiger partial charge in [0.15, 0.2) is 5.11 Å². The number of nitrogens with zero attached hydrogens (tertiary/aromatic N) is 1. The van der Waals surface area contributed by atoms with Crippen molar-refractivity contribution in [3.05, 3.63) is 29.0 Å². The minimum absolute atomic E-state index is 0.0924. The molecule has 0 radical (unpaired) electrons. The molecule has 2 N–H and O–H groups in total. The SMILES string of the molecule is OCC1CCCN(C(=S)Nc2ccc(Cl)c(F)c2)C1. The van der Waals surface area contributed by atoms with Gasteiger partial charge in [0.2, 0.25) is 0 Å². The van der Waals surface area contributed by atoms with Crippen LogP contribution in [0.15, 0.2) is 18.2 Å². The van der Waals surface area contributed by atoms with E-state index in [0.717, 1.165) is 25.9 Å². The van der Waals surface area contributed by atoms with Gasteiger partial charge in [0, 0.05) is 25.4 Å². The Morgan fingerprint density at radius 3 is 3.05 bits per heavy atom. The van der Waals surface area contributed by atoms with E-state index in [0.29, 0.717) is 10.8 Å². The van der Waals surface area contributed by atoms with Crippen LogP contribution < -0.4 is 5.32 Å². The molecule has 0 spiro atoms. The second-order valence-electron chi connectivity index (χ2n) is 4.70. The quantitative estimate of drug-likeness (QED) is 0.824. The van der Waals surface area contributed by atoms with Gasteiger partial charge in [0.25, 0.3) is 0 Å². The molecule has 1 atom stereocenters. The van der Waals surface area contributed by atoms with E-state index < -0.39 is 5.82 Å². The Bertz CT molecular complexity index is 472. The molecule has 2 rings (SSSR count). The lowest BCUT2D eigenvalue weighted by Gasteiger charge is -2.33. The van der Waals surface area contributed by atoms with Crippen molar-refractivity contribution in [1.29, 1.82) is 0 Å². The van der Waals surface area contributed by atoms with Crippen LogP contribution in [0.5, 0.6) is 0 Å². The average molecular weight is 303 g/mol. The second kappa shape index (κ2) is 6.50. The van der Waals surface area contributed by atoms with E-state index >= 15 is 0 Å². The van der Waals surface area contributed by atoms with E-state index in [-0.39, 0.29) is 17.5 Å². The van der Waals surface area contributed by atoms with Gasteiger partial charge in [-0.25, -0.2) is 4.39 Å². The van der Waals surface area contributed by atoms with Gasteiger partial charge in [-0.05, 0) is 49.2 Å². The number of piperidine rings is 1. The maximum Gasteiger partial charge on any atom is 0.173 e. The lowest BCUT2D eigenvalue weighted by atomic mass is 9.99. The number of hydrogen-bond acceptors (Lipinski definition) is 2. The summed E-state index contributed by atoms with van der Waals surface area (Å²) in [6.07, 6.45) is 2.02. The molecule has 0 aromatic heterocycles. The molecule has 104 valence electrons. The Hall–Kier alpha value is -0.910. The van der Waals surface area contributed by atoms with Crippen molar-refractivity contribution < 1.29 is 9.50 Å². The first-order valence-corrected chi connectivity index (χ1v) is 7.00. The Morgan fingerprint density at radius 1 is 1.58 bits per heavy atom. The summed E-state index contributed by atoms with van der Waals surface area (Å²) >= 11 is 10.9. The molecule has 1 fully saturated rings. The molecule has 0 bridgehead atoms. The highest BCUT2D eigenvalue weighted by Gasteiger charge is 2.21. The Labute approximate surface area is 122 Å². The monoisotopic (exact) mass is 302 g/mol. The molecule has 1 heterocycles. The summed E-state index contributed by atoms with van der Waals surface area (Å²) in [7, 11) is 0. The van der Waals surface area contributed by atoms with Crippen molar-refractivity contribution >= 4 is 34.6 Å². The van der Waals surface area contributed by atoms with Crippen molar-refractivity contribution in [2.45, 2.75) is 12.8 Å². The number of halogens is 2. The fraction of sp³-hybridized carbons (Fsp3) is 0.462. The van der Waals surface area contributed by atoms with Crippen LogP contribution in [0.4, 0.5) is 10.1 Å². The van der Waals surface area contributed by atoms with Gasteiger partial charge in [0.1, 0.15) is 5.82 Å². The van der Waals surface area contributed by atoms with Gasteiger partial charge in [-0.3, -0.25) is 0 Å². The summed E-state index contributed by atoms with van der Waals surface area (Å²) in [5, 5.41) is 12.8. The van der Waals surface area contributed by atoms with Crippen LogP contribution in [0.1, 0.15) is 12.8 Å². The summed E-state index contributed by atoms with van der Waals surface area (Å²) in [5.74, 6) is -0.211. The Kier molecular flexibility index (Phi) is 4.96. The van der Waals surface area contributed by atoms with E-state index in [2.05, 4.69) is 5.32 Å². The first kappa shape index (κ1) is 14.5. The molecular weight excluding hydrogens is 287 g/mol. The number of thiocarbonyl (C=S) groups is 1. The van der Waals surface area contributed by atoms with Crippen LogP contribution in [-0.4, -0.2) is 34.8 Å². The first-order chi connectivity index (χ1) is 9.10. The zero-order valence-corrected chi connectivity index (χ0v) is 12.0. The number of rotatable bonds is 2. The molecule has 0 saturated carbocycles. The molecule has 1 aromatic rings. The van der Waals surface area contributed by atoms with Gasteiger partial charge in [-0.15, -0.1) is 0 Å². The molecule has 3 nitrogen and oxygen atoms in total. The Morgan fingerprint density at radius 2 is 2.37 bits per heavy atom. The van der Waals surface area contributed by atoms with E-state index in [4.69, 9.17) is 23.8 Å². The zero-order valence-electron chi connectivity index (χ0n) is 10.4. The van der Waals surface area contributed by atoms with Crippen LogP contribution in [0.3, 0.4) is 0 Å². The van der Waals surface area contributed by atoms with Crippen molar-refractivity contribution in [2.75, 3.05) is 25.0 Å². The number of nitrogens with one attached hydrogen (secondary N) is 1.